The van der Waals surface area contributed by atoms with Crippen LogP contribution in [0.15, 0.2) is 0 Å². The lowest BCUT2D eigenvalue weighted by Crippen LogP contribution is -2.51. The van der Waals surface area contributed by atoms with Gasteiger partial charge in [0.2, 0.25) is 5.91 Å². The number of nitrogens with zero attached hydrogens (tertiary/aromatic N) is 1. The van der Waals surface area contributed by atoms with Crippen molar-refractivity contribution in [3.05, 3.63) is 0 Å². The van der Waals surface area contributed by atoms with Gasteiger partial charge in [0.05, 0.1) is 0 Å². The van der Waals surface area contributed by atoms with Gasteiger partial charge in [0.1, 0.15) is 0 Å². The maximum atomic E-state index is 12.6. The summed E-state index contributed by atoms with van der Waals surface area (Å²) >= 11 is 0. The number of likely N-dealkylation sites (tertiary alicyclic amines) is 1. The summed E-state index contributed by atoms with van der Waals surface area (Å²) in [6, 6.07) is 1.09. The summed E-state index contributed by atoms with van der Waals surface area (Å²) in [6.07, 6.45) is 7.74. The number of nitrogens with two attached hydrogens (primary N) is 1. The van der Waals surface area contributed by atoms with E-state index in [2.05, 4.69) is 18.7 Å². The molecular weight excluding hydrogens is 212 g/mol. The van der Waals surface area contributed by atoms with Crippen molar-refractivity contribution in [3.63, 3.8) is 0 Å². The Bertz CT molecular complexity index is 269. The molecule has 1 saturated heterocycles. The molecule has 0 radical (unpaired) electrons. The van der Waals surface area contributed by atoms with Crippen molar-refractivity contribution in [1.82, 2.24) is 4.90 Å². The second kappa shape index (κ2) is 5.38. The van der Waals surface area contributed by atoms with E-state index in [0.29, 0.717) is 18.0 Å². The van der Waals surface area contributed by atoms with Gasteiger partial charge in [-0.05, 0) is 52.4 Å². The predicted molar refractivity (Wildman–Crippen MR) is 69.6 cm³/mol. The molecule has 1 aliphatic heterocycles. The predicted octanol–water partition coefficient (Wildman–Crippen LogP) is 2.29. The van der Waals surface area contributed by atoms with Crippen molar-refractivity contribution in [1.29, 1.82) is 0 Å². The molecule has 0 aromatic rings. The molecule has 2 N–H and O–H groups in total. The van der Waals surface area contributed by atoms with Crippen molar-refractivity contribution in [3.8, 4) is 0 Å². The van der Waals surface area contributed by atoms with E-state index in [4.69, 9.17) is 5.73 Å². The molecule has 4 atom stereocenters. The van der Waals surface area contributed by atoms with Gasteiger partial charge >= 0.3 is 0 Å². The number of rotatable bonds is 1. The molecule has 0 aromatic heterocycles. The van der Waals surface area contributed by atoms with E-state index < -0.39 is 0 Å². The van der Waals surface area contributed by atoms with E-state index >= 15 is 0 Å². The molecule has 4 unspecified atom stereocenters. The SMILES string of the molecule is CC1CCCC(C)N1C(=O)C1CCCC(N)C1. The summed E-state index contributed by atoms with van der Waals surface area (Å²) in [5.74, 6) is 0.571. The molecule has 2 rings (SSSR count). The molecule has 0 bridgehead atoms. The zero-order valence-corrected chi connectivity index (χ0v) is 11.2. The zero-order chi connectivity index (χ0) is 12.4. The minimum absolute atomic E-state index is 0.196. The van der Waals surface area contributed by atoms with Crippen LogP contribution in [-0.4, -0.2) is 28.9 Å². The molecule has 0 spiro atoms. The minimum Gasteiger partial charge on any atom is -0.337 e. The molecule has 98 valence electrons. The van der Waals surface area contributed by atoms with Gasteiger partial charge in [0.25, 0.3) is 0 Å². The van der Waals surface area contributed by atoms with Crippen LogP contribution < -0.4 is 5.73 Å². The van der Waals surface area contributed by atoms with Crippen molar-refractivity contribution in [2.75, 3.05) is 0 Å². The zero-order valence-electron chi connectivity index (χ0n) is 11.2. The van der Waals surface area contributed by atoms with Gasteiger partial charge in [-0.15, -0.1) is 0 Å². The minimum atomic E-state index is 0.196. The number of carbonyl (C=O) groups excluding carboxylic acids is 1. The molecule has 1 amide bonds. The fourth-order valence-electron chi connectivity index (χ4n) is 3.52. The standard InChI is InChI=1S/C14H26N2O/c1-10-5-3-6-11(2)16(10)14(17)12-7-4-8-13(15)9-12/h10-13H,3-9,15H2,1-2H3. The molecule has 2 aliphatic rings. The lowest BCUT2D eigenvalue weighted by molar-refractivity contribution is -0.143. The third-order valence-corrected chi connectivity index (χ3v) is 4.51. The Hall–Kier alpha value is -0.570. The molecular formula is C14H26N2O. The monoisotopic (exact) mass is 238 g/mol. The maximum Gasteiger partial charge on any atom is 0.226 e. The Morgan fingerprint density at radius 2 is 1.65 bits per heavy atom. The molecule has 3 heteroatoms. The first-order valence-electron chi connectivity index (χ1n) is 7.17. The smallest absolute Gasteiger partial charge is 0.226 e. The van der Waals surface area contributed by atoms with Gasteiger partial charge in [0, 0.05) is 24.0 Å². The van der Waals surface area contributed by atoms with Crippen molar-refractivity contribution in [2.24, 2.45) is 11.7 Å². The second-order valence-corrected chi connectivity index (χ2v) is 6.00. The van der Waals surface area contributed by atoms with Gasteiger partial charge in [-0.2, -0.15) is 0 Å². The third kappa shape index (κ3) is 2.82. The second-order valence-electron chi connectivity index (χ2n) is 6.00. The van der Waals surface area contributed by atoms with Crippen molar-refractivity contribution in [2.45, 2.75) is 76.9 Å². The number of hydrogen-bond acceptors (Lipinski definition) is 2. The fourth-order valence-corrected chi connectivity index (χ4v) is 3.52. The summed E-state index contributed by atoms with van der Waals surface area (Å²) < 4.78 is 0. The highest BCUT2D eigenvalue weighted by atomic mass is 16.2. The molecule has 3 nitrogen and oxygen atoms in total. The van der Waals surface area contributed by atoms with Crippen LogP contribution in [0, 0.1) is 5.92 Å². The van der Waals surface area contributed by atoms with Crippen LogP contribution in [0.25, 0.3) is 0 Å². The molecule has 1 heterocycles. The van der Waals surface area contributed by atoms with E-state index in [1.807, 2.05) is 0 Å². The summed E-state index contributed by atoms with van der Waals surface area (Å²) in [6.45, 7) is 4.38. The topological polar surface area (TPSA) is 46.3 Å². The number of amides is 1. The summed E-state index contributed by atoms with van der Waals surface area (Å²) in [5, 5.41) is 0. The van der Waals surface area contributed by atoms with E-state index in [9.17, 15) is 4.79 Å². The fraction of sp³-hybridized carbons (Fsp3) is 0.929. The molecule has 2 fully saturated rings. The average Bonchev–Trinajstić information content (AvgIpc) is 2.28. The highest BCUT2D eigenvalue weighted by Gasteiger charge is 2.34. The lowest BCUT2D eigenvalue weighted by atomic mass is 9.84. The first-order valence-corrected chi connectivity index (χ1v) is 7.17. The van der Waals surface area contributed by atoms with Crippen LogP contribution in [0.3, 0.4) is 0 Å². The molecule has 1 saturated carbocycles. The molecule has 1 aliphatic carbocycles. The van der Waals surface area contributed by atoms with Gasteiger partial charge in [-0.3, -0.25) is 4.79 Å². The van der Waals surface area contributed by atoms with E-state index in [-0.39, 0.29) is 12.0 Å². The van der Waals surface area contributed by atoms with Crippen LogP contribution in [0.1, 0.15) is 58.8 Å². The Morgan fingerprint density at radius 3 is 2.24 bits per heavy atom. The van der Waals surface area contributed by atoms with Gasteiger partial charge < -0.3 is 10.6 Å². The van der Waals surface area contributed by atoms with Crippen molar-refractivity contribution < 1.29 is 4.79 Å². The van der Waals surface area contributed by atoms with E-state index in [1.54, 1.807) is 0 Å². The van der Waals surface area contributed by atoms with Crippen LogP contribution >= 0.6 is 0 Å². The summed E-state index contributed by atoms with van der Waals surface area (Å²) in [7, 11) is 0. The van der Waals surface area contributed by atoms with Crippen LogP contribution in [-0.2, 0) is 4.79 Å². The number of carbonyl (C=O) groups is 1. The largest absolute Gasteiger partial charge is 0.337 e. The normalized spacial score (nSPS) is 39.1. The number of piperidine rings is 1. The van der Waals surface area contributed by atoms with Crippen molar-refractivity contribution >= 4 is 5.91 Å². The lowest BCUT2D eigenvalue weighted by Gasteiger charge is -2.42. The van der Waals surface area contributed by atoms with Crippen LogP contribution in [0.4, 0.5) is 0 Å². The van der Waals surface area contributed by atoms with E-state index in [1.165, 1.54) is 6.42 Å². The first kappa shape index (κ1) is 12.9. The van der Waals surface area contributed by atoms with Crippen LogP contribution in [0.2, 0.25) is 0 Å². The Kier molecular flexibility index (Phi) is 4.08. The third-order valence-electron chi connectivity index (χ3n) is 4.51. The Morgan fingerprint density at radius 1 is 1.06 bits per heavy atom. The highest BCUT2D eigenvalue weighted by molar-refractivity contribution is 5.79. The van der Waals surface area contributed by atoms with E-state index in [0.717, 1.165) is 38.5 Å². The Balaban J connectivity index is 2.02. The molecule has 17 heavy (non-hydrogen) atoms. The quantitative estimate of drug-likeness (QED) is 0.762. The van der Waals surface area contributed by atoms with Crippen LogP contribution in [0.5, 0.6) is 0 Å². The van der Waals surface area contributed by atoms with Gasteiger partial charge in [-0.25, -0.2) is 0 Å². The number of hydrogen-bond donors (Lipinski definition) is 1. The average molecular weight is 238 g/mol. The summed E-state index contributed by atoms with van der Waals surface area (Å²) in [4.78, 5) is 14.7. The van der Waals surface area contributed by atoms with Gasteiger partial charge in [0.15, 0.2) is 0 Å². The molecule has 0 aromatic carbocycles. The summed E-state index contributed by atoms with van der Waals surface area (Å²) in [5.41, 5.74) is 5.99. The highest BCUT2D eigenvalue weighted by Crippen LogP contribution is 2.30. The maximum absolute atomic E-state index is 12.6. The van der Waals surface area contributed by atoms with Gasteiger partial charge in [-0.1, -0.05) is 6.42 Å². The first-order chi connectivity index (χ1) is 8.09. The Labute approximate surface area is 105 Å².